The van der Waals surface area contributed by atoms with Gasteiger partial charge >= 0.3 is 5.92 Å². The molecule has 1 aromatic rings. The van der Waals surface area contributed by atoms with Crippen LogP contribution in [0.4, 0.5) is 13.2 Å². The fourth-order valence-electron chi connectivity index (χ4n) is 0.978. The summed E-state index contributed by atoms with van der Waals surface area (Å²) in [6, 6.07) is 2.95. The quantitative estimate of drug-likeness (QED) is 0.781. The van der Waals surface area contributed by atoms with Gasteiger partial charge in [0.2, 0.25) is 5.78 Å². The number of benzene rings is 1. The van der Waals surface area contributed by atoms with Crippen LogP contribution in [0.3, 0.4) is 0 Å². The average molecular weight is 301 g/mol. The first-order valence-corrected chi connectivity index (χ1v) is 5.15. The normalized spacial score (nSPS) is 11.5. The number of halogens is 5. The van der Waals surface area contributed by atoms with Crippen LogP contribution in [-0.2, 0) is 10.7 Å². The molecule has 0 fully saturated rings. The molecule has 0 unspecified atom stereocenters. The van der Waals surface area contributed by atoms with Crippen molar-refractivity contribution in [3.63, 3.8) is 0 Å². The Hall–Kier alpha value is -0.550. The van der Waals surface area contributed by atoms with Crippen molar-refractivity contribution in [2.24, 2.45) is 0 Å². The zero-order valence-electron chi connectivity index (χ0n) is 7.24. The first-order chi connectivity index (χ1) is 6.89. The van der Waals surface area contributed by atoms with Crippen molar-refractivity contribution in [1.82, 2.24) is 0 Å². The van der Waals surface area contributed by atoms with Crippen LogP contribution in [0, 0.1) is 5.82 Å². The average Bonchev–Trinajstić information content (AvgIpc) is 2.15. The Labute approximate surface area is 97.4 Å². The van der Waals surface area contributed by atoms with E-state index in [4.69, 9.17) is 11.6 Å². The van der Waals surface area contributed by atoms with Gasteiger partial charge in [-0.1, -0.05) is 15.9 Å². The van der Waals surface area contributed by atoms with Gasteiger partial charge in [0.25, 0.3) is 0 Å². The standard InChI is InChI=1S/C9H5BrClF3O/c10-5-1-2-6(7(12)3-5)9(13,14)8(15)4-11/h1-3H,4H2. The molecule has 0 N–H and O–H groups in total. The Balaban J connectivity index is 3.21. The van der Waals surface area contributed by atoms with Gasteiger partial charge in [-0.3, -0.25) is 4.79 Å². The second-order valence-electron chi connectivity index (χ2n) is 2.76. The van der Waals surface area contributed by atoms with E-state index in [0.717, 1.165) is 12.1 Å². The molecule has 0 aromatic heterocycles. The number of rotatable bonds is 3. The number of hydrogen-bond acceptors (Lipinski definition) is 1. The minimum atomic E-state index is -3.88. The second-order valence-corrected chi connectivity index (χ2v) is 3.94. The molecule has 0 saturated carbocycles. The largest absolute Gasteiger partial charge is 0.334 e. The second kappa shape index (κ2) is 4.53. The van der Waals surface area contributed by atoms with Gasteiger partial charge in [0.1, 0.15) is 5.82 Å². The molecular formula is C9H5BrClF3O. The molecule has 82 valence electrons. The number of hydrogen-bond donors (Lipinski definition) is 0. The first-order valence-electron chi connectivity index (χ1n) is 3.82. The van der Waals surface area contributed by atoms with E-state index in [1.807, 2.05) is 0 Å². The summed E-state index contributed by atoms with van der Waals surface area (Å²) in [4.78, 5) is 10.8. The molecule has 0 heterocycles. The molecule has 0 aliphatic carbocycles. The Morgan fingerprint density at radius 2 is 2.07 bits per heavy atom. The predicted molar refractivity (Wildman–Crippen MR) is 53.7 cm³/mol. The summed E-state index contributed by atoms with van der Waals surface area (Å²) < 4.78 is 40.0. The van der Waals surface area contributed by atoms with Gasteiger partial charge in [-0.2, -0.15) is 8.78 Å². The fraction of sp³-hybridized carbons (Fsp3) is 0.222. The topological polar surface area (TPSA) is 17.1 Å². The highest BCUT2D eigenvalue weighted by Crippen LogP contribution is 2.32. The molecule has 1 aromatic carbocycles. The van der Waals surface area contributed by atoms with Crippen molar-refractivity contribution >= 4 is 33.3 Å². The monoisotopic (exact) mass is 300 g/mol. The van der Waals surface area contributed by atoms with E-state index >= 15 is 0 Å². The van der Waals surface area contributed by atoms with Crippen LogP contribution in [0.15, 0.2) is 22.7 Å². The van der Waals surface area contributed by atoms with Crippen LogP contribution < -0.4 is 0 Å². The molecule has 0 radical (unpaired) electrons. The van der Waals surface area contributed by atoms with Gasteiger partial charge in [-0.15, -0.1) is 11.6 Å². The lowest BCUT2D eigenvalue weighted by molar-refractivity contribution is -0.141. The lowest BCUT2D eigenvalue weighted by Crippen LogP contribution is -2.28. The van der Waals surface area contributed by atoms with Crippen LogP contribution in [0.2, 0.25) is 0 Å². The molecule has 0 bridgehead atoms. The first kappa shape index (κ1) is 12.5. The number of Topliss-reactive ketones (excluding diaryl/α,β-unsaturated/α-hetero) is 1. The van der Waals surface area contributed by atoms with E-state index in [9.17, 15) is 18.0 Å². The third-order valence-electron chi connectivity index (χ3n) is 1.74. The van der Waals surface area contributed by atoms with Gasteiger partial charge in [0.15, 0.2) is 0 Å². The zero-order valence-corrected chi connectivity index (χ0v) is 9.58. The number of carbonyl (C=O) groups is 1. The molecule has 1 rings (SSSR count). The number of alkyl halides is 3. The lowest BCUT2D eigenvalue weighted by atomic mass is 10.1. The fourth-order valence-corrected chi connectivity index (χ4v) is 1.48. The maximum Gasteiger partial charge on any atom is 0.334 e. The third-order valence-corrected chi connectivity index (χ3v) is 2.48. The Morgan fingerprint density at radius 1 is 1.47 bits per heavy atom. The van der Waals surface area contributed by atoms with E-state index in [1.165, 1.54) is 6.07 Å². The Kier molecular flexibility index (Phi) is 3.78. The van der Waals surface area contributed by atoms with Crippen molar-refractivity contribution in [3.05, 3.63) is 34.1 Å². The minimum Gasteiger partial charge on any atom is -0.291 e. The SMILES string of the molecule is O=C(CCl)C(F)(F)c1ccc(Br)cc1F. The van der Waals surface area contributed by atoms with Crippen LogP contribution in [0.25, 0.3) is 0 Å². The van der Waals surface area contributed by atoms with E-state index in [1.54, 1.807) is 0 Å². The van der Waals surface area contributed by atoms with Crippen LogP contribution in [0.5, 0.6) is 0 Å². The molecule has 1 nitrogen and oxygen atoms in total. The van der Waals surface area contributed by atoms with Gasteiger partial charge in [0.05, 0.1) is 11.4 Å². The van der Waals surface area contributed by atoms with E-state index in [0.29, 0.717) is 4.47 Å². The Morgan fingerprint density at radius 3 is 2.53 bits per heavy atom. The lowest BCUT2D eigenvalue weighted by Gasteiger charge is -2.14. The third kappa shape index (κ3) is 2.52. The summed E-state index contributed by atoms with van der Waals surface area (Å²) in [5.74, 6) is -7.41. The van der Waals surface area contributed by atoms with Gasteiger partial charge in [0, 0.05) is 4.47 Å². The van der Waals surface area contributed by atoms with Gasteiger partial charge in [-0.25, -0.2) is 4.39 Å². The molecule has 0 spiro atoms. The number of ketones is 1. The van der Waals surface area contributed by atoms with Crippen LogP contribution in [-0.4, -0.2) is 11.7 Å². The van der Waals surface area contributed by atoms with Crippen LogP contribution in [0.1, 0.15) is 5.56 Å². The predicted octanol–water partition coefficient (Wildman–Crippen LogP) is 3.49. The maximum atomic E-state index is 13.3. The van der Waals surface area contributed by atoms with E-state index in [-0.39, 0.29) is 0 Å². The summed E-state index contributed by atoms with van der Waals surface area (Å²) in [6.07, 6.45) is 0. The number of carbonyl (C=O) groups excluding carboxylic acids is 1. The van der Waals surface area contributed by atoms with E-state index < -0.39 is 29.0 Å². The van der Waals surface area contributed by atoms with Gasteiger partial charge < -0.3 is 0 Å². The van der Waals surface area contributed by atoms with Crippen LogP contribution >= 0.6 is 27.5 Å². The minimum absolute atomic E-state index is 0.317. The highest BCUT2D eigenvalue weighted by Gasteiger charge is 2.41. The summed E-state index contributed by atoms with van der Waals surface area (Å²) >= 11 is 7.93. The molecular weight excluding hydrogens is 296 g/mol. The smallest absolute Gasteiger partial charge is 0.291 e. The van der Waals surface area contributed by atoms with Crippen molar-refractivity contribution in [2.45, 2.75) is 5.92 Å². The van der Waals surface area contributed by atoms with Crippen molar-refractivity contribution in [3.8, 4) is 0 Å². The van der Waals surface area contributed by atoms with Gasteiger partial charge in [-0.05, 0) is 18.2 Å². The molecule has 0 atom stereocenters. The molecule has 0 saturated heterocycles. The molecule has 15 heavy (non-hydrogen) atoms. The highest BCUT2D eigenvalue weighted by atomic mass is 79.9. The van der Waals surface area contributed by atoms with Crippen molar-refractivity contribution in [1.29, 1.82) is 0 Å². The zero-order chi connectivity index (χ0) is 11.6. The molecule has 0 amide bonds. The molecule has 0 aliphatic rings. The van der Waals surface area contributed by atoms with E-state index in [2.05, 4.69) is 15.9 Å². The summed E-state index contributed by atoms with van der Waals surface area (Å²) in [6.45, 7) is 0. The molecule has 0 aliphatic heterocycles. The summed E-state index contributed by atoms with van der Waals surface area (Å²) in [7, 11) is 0. The summed E-state index contributed by atoms with van der Waals surface area (Å²) in [5, 5.41) is 0. The maximum absolute atomic E-state index is 13.3. The molecule has 6 heteroatoms. The highest BCUT2D eigenvalue weighted by molar-refractivity contribution is 9.10. The Bertz CT molecular complexity index is 395. The van der Waals surface area contributed by atoms with Crippen molar-refractivity contribution < 1.29 is 18.0 Å². The van der Waals surface area contributed by atoms with Crippen molar-refractivity contribution in [2.75, 3.05) is 5.88 Å². The summed E-state index contributed by atoms with van der Waals surface area (Å²) in [5.41, 5.74) is -0.962.